The van der Waals surface area contributed by atoms with Crippen molar-refractivity contribution in [2.24, 2.45) is 0 Å². The molecule has 0 unspecified atom stereocenters. The van der Waals surface area contributed by atoms with Gasteiger partial charge in [-0.25, -0.2) is 17.9 Å². The zero-order chi connectivity index (χ0) is 30.5. The number of ether oxygens (including phenoxy) is 1. The lowest BCUT2D eigenvalue weighted by molar-refractivity contribution is 0.0803. The lowest BCUT2D eigenvalue weighted by Crippen LogP contribution is -2.31. The summed E-state index contributed by atoms with van der Waals surface area (Å²) in [6, 6.07) is 18.6. The summed E-state index contributed by atoms with van der Waals surface area (Å²) in [5.41, 5.74) is 2.08. The van der Waals surface area contributed by atoms with Gasteiger partial charge in [0, 0.05) is 55.0 Å². The molecule has 0 atom stereocenters. The molecule has 0 aliphatic carbocycles. The van der Waals surface area contributed by atoms with E-state index in [1.54, 1.807) is 84.8 Å². The van der Waals surface area contributed by atoms with Crippen molar-refractivity contribution in [1.82, 2.24) is 19.7 Å². The number of hydrogen-bond donors (Lipinski definition) is 2. The number of sulfone groups is 1. The number of pyridine rings is 1. The van der Waals surface area contributed by atoms with Crippen LogP contribution in [0.4, 0.5) is 16.3 Å². The molecule has 11 nitrogen and oxygen atoms in total. The van der Waals surface area contributed by atoms with Crippen LogP contribution in [0.2, 0.25) is 0 Å². The van der Waals surface area contributed by atoms with Gasteiger partial charge in [0.25, 0.3) is 5.91 Å². The first-order chi connectivity index (χ1) is 19.8. The molecule has 2 heterocycles. The van der Waals surface area contributed by atoms with Gasteiger partial charge >= 0.3 is 6.03 Å². The zero-order valence-corrected chi connectivity index (χ0v) is 25.0. The van der Waals surface area contributed by atoms with Crippen molar-refractivity contribution >= 4 is 33.3 Å². The molecule has 0 bridgehead atoms. The van der Waals surface area contributed by atoms with Crippen LogP contribution >= 0.6 is 0 Å². The van der Waals surface area contributed by atoms with E-state index in [0.29, 0.717) is 34.3 Å². The maximum absolute atomic E-state index is 13.0. The third-order valence-corrected chi connectivity index (χ3v) is 7.14. The highest BCUT2D eigenvalue weighted by molar-refractivity contribution is 7.90. The van der Waals surface area contributed by atoms with Crippen LogP contribution in [0.5, 0.6) is 11.5 Å². The smallest absolute Gasteiger partial charge is 0.324 e. The summed E-state index contributed by atoms with van der Waals surface area (Å²) < 4.78 is 30.3. The Balaban J connectivity index is 1.48. The van der Waals surface area contributed by atoms with E-state index in [1.807, 2.05) is 26.8 Å². The van der Waals surface area contributed by atoms with Crippen molar-refractivity contribution in [2.75, 3.05) is 36.2 Å². The number of aromatic nitrogens is 3. The number of nitrogens with zero attached hydrogens (tertiary/aromatic N) is 4. The second-order valence-electron chi connectivity index (χ2n) is 10.9. The fraction of sp³-hybridized carbons (Fsp3) is 0.267. The predicted octanol–water partition coefficient (Wildman–Crippen LogP) is 5.12. The van der Waals surface area contributed by atoms with E-state index in [2.05, 4.69) is 15.6 Å². The van der Waals surface area contributed by atoms with Crippen LogP contribution < -0.4 is 15.4 Å². The molecule has 2 aromatic heterocycles. The van der Waals surface area contributed by atoms with E-state index in [0.717, 1.165) is 11.9 Å². The maximum Gasteiger partial charge on any atom is 0.324 e. The molecular weight excluding hydrogens is 556 g/mol. The summed E-state index contributed by atoms with van der Waals surface area (Å²) in [5.74, 6) is 1.30. The van der Waals surface area contributed by atoms with Gasteiger partial charge < -0.3 is 15.0 Å². The molecular formula is C30H34N6O5S. The minimum atomic E-state index is -3.19. The Labute approximate surface area is 245 Å². The van der Waals surface area contributed by atoms with Crippen LogP contribution in [-0.2, 0) is 15.3 Å². The number of anilines is 2. The Hall–Kier alpha value is -4.71. The number of rotatable bonds is 9. The third-order valence-electron chi connectivity index (χ3n) is 6.22. The highest BCUT2D eigenvalue weighted by atomic mass is 32.2. The van der Waals surface area contributed by atoms with Gasteiger partial charge in [0.2, 0.25) is 0 Å². The summed E-state index contributed by atoms with van der Waals surface area (Å²) >= 11 is 0. The van der Waals surface area contributed by atoms with Crippen LogP contribution in [-0.4, -0.2) is 65.6 Å². The molecule has 220 valence electrons. The maximum atomic E-state index is 13.0. The minimum absolute atomic E-state index is 0.0944. The topological polar surface area (TPSA) is 136 Å². The Morgan fingerprint density at radius 2 is 1.55 bits per heavy atom. The first-order valence-corrected chi connectivity index (χ1v) is 15.2. The summed E-state index contributed by atoms with van der Waals surface area (Å²) in [5, 5.41) is 10.4. The molecule has 2 N–H and O–H groups in total. The number of nitrogens with one attached hydrogen (secondary N) is 2. The van der Waals surface area contributed by atoms with Crippen LogP contribution in [0, 0.1) is 0 Å². The summed E-state index contributed by atoms with van der Waals surface area (Å²) in [4.78, 5) is 31.1. The average Bonchev–Trinajstić information content (AvgIpc) is 3.37. The summed E-state index contributed by atoms with van der Waals surface area (Å²) in [6.45, 7) is 6.16. The van der Waals surface area contributed by atoms with Gasteiger partial charge in [-0.05, 0) is 60.7 Å². The Morgan fingerprint density at radius 1 is 0.929 bits per heavy atom. The third kappa shape index (κ3) is 8.16. The molecule has 0 aliphatic rings. The number of carbonyl (C=O) groups excluding carboxylic acids is 2. The fourth-order valence-corrected chi connectivity index (χ4v) is 4.44. The second kappa shape index (κ2) is 12.4. The van der Waals surface area contributed by atoms with Gasteiger partial charge in [-0.15, -0.1) is 0 Å². The predicted molar refractivity (Wildman–Crippen MR) is 162 cm³/mol. The molecule has 0 aliphatic heterocycles. The molecule has 0 radical (unpaired) electrons. The van der Waals surface area contributed by atoms with Crippen molar-refractivity contribution in [2.45, 2.75) is 26.2 Å². The molecule has 2 aromatic carbocycles. The van der Waals surface area contributed by atoms with Crippen LogP contribution in [0.25, 0.3) is 5.69 Å². The quantitative estimate of drug-likeness (QED) is 0.276. The molecule has 4 rings (SSSR count). The van der Waals surface area contributed by atoms with E-state index in [1.165, 1.54) is 4.90 Å². The fourth-order valence-electron chi connectivity index (χ4n) is 3.83. The molecule has 12 heteroatoms. The van der Waals surface area contributed by atoms with Crippen molar-refractivity contribution in [3.8, 4) is 17.2 Å². The molecule has 3 amide bonds. The lowest BCUT2D eigenvalue weighted by atomic mass is 9.92. The highest BCUT2D eigenvalue weighted by Gasteiger charge is 2.22. The first kappa shape index (κ1) is 30.3. The Kier molecular flexibility index (Phi) is 8.96. The second-order valence-corrected chi connectivity index (χ2v) is 13.1. The Bertz CT molecular complexity index is 1650. The molecule has 0 saturated heterocycles. The highest BCUT2D eigenvalue weighted by Crippen LogP contribution is 2.27. The van der Waals surface area contributed by atoms with E-state index in [4.69, 9.17) is 9.84 Å². The van der Waals surface area contributed by atoms with Gasteiger partial charge in [-0.1, -0.05) is 20.8 Å². The van der Waals surface area contributed by atoms with Crippen molar-refractivity contribution < 1.29 is 22.7 Å². The van der Waals surface area contributed by atoms with Gasteiger partial charge in [-0.2, -0.15) is 5.10 Å². The summed E-state index contributed by atoms with van der Waals surface area (Å²) in [6.07, 6.45) is 4.42. The number of amides is 3. The van der Waals surface area contributed by atoms with E-state index in [9.17, 15) is 18.0 Å². The van der Waals surface area contributed by atoms with Gasteiger partial charge in [0.15, 0.2) is 0 Å². The largest absolute Gasteiger partial charge is 0.457 e. The van der Waals surface area contributed by atoms with Crippen LogP contribution in [0.15, 0.2) is 79.1 Å². The van der Waals surface area contributed by atoms with E-state index < -0.39 is 15.9 Å². The van der Waals surface area contributed by atoms with Gasteiger partial charge in [0.05, 0.1) is 17.1 Å². The standard InChI is InChI=1S/C30H34N6O5S/c1-30(2,3)26-20-27(33-29(38)32-22-8-12-24(13-9-22)41-25-14-16-31-17-15-25)36(34-26)23-10-6-21(7-11-23)28(37)35(4)18-19-42(5,39)40/h6-17,20H,18-19H2,1-5H3,(H2,32,33,38). The first-order valence-electron chi connectivity index (χ1n) is 13.2. The van der Waals surface area contributed by atoms with Crippen LogP contribution in [0.3, 0.4) is 0 Å². The number of carbonyl (C=O) groups is 2. The van der Waals surface area contributed by atoms with Crippen molar-refractivity contribution in [3.05, 3.63) is 90.4 Å². The van der Waals surface area contributed by atoms with E-state index >= 15 is 0 Å². The van der Waals surface area contributed by atoms with E-state index in [-0.39, 0.29) is 23.6 Å². The summed E-state index contributed by atoms with van der Waals surface area (Å²) in [7, 11) is -1.63. The molecule has 42 heavy (non-hydrogen) atoms. The molecule has 4 aromatic rings. The lowest BCUT2D eigenvalue weighted by Gasteiger charge is -2.17. The number of urea groups is 1. The molecule has 0 saturated carbocycles. The normalized spacial score (nSPS) is 11.5. The monoisotopic (exact) mass is 590 g/mol. The number of benzene rings is 2. The zero-order valence-electron chi connectivity index (χ0n) is 24.2. The van der Waals surface area contributed by atoms with Crippen molar-refractivity contribution in [1.29, 1.82) is 0 Å². The molecule has 0 fully saturated rings. The number of hydrogen-bond acceptors (Lipinski definition) is 7. The van der Waals surface area contributed by atoms with Gasteiger partial charge in [-0.3, -0.25) is 15.1 Å². The van der Waals surface area contributed by atoms with Crippen LogP contribution in [0.1, 0.15) is 36.8 Å². The van der Waals surface area contributed by atoms with Crippen molar-refractivity contribution in [3.63, 3.8) is 0 Å². The Morgan fingerprint density at radius 3 is 2.14 bits per heavy atom. The average molecular weight is 591 g/mol. The molecule has 0 spiro atoms. The van der Waals surface area contributed by atoms with Gasteiger partial charge in [0.1, 0.15) is 27.2 Å². The SMILES string of the molecule is CN(CCS(C)(=O)=O)C(=O)c1ccc(-n2nc(C(C)(C)C)cc2NC(=O)Nc2ccc(Oc3ccncc3)cc2)cc1. The minimum Gasteiger partial charge on any atom is -0.457 e.